The number of aliphatic hydroxyl groups excluding tert-OH is 3. The van der Waals surface area contributed by atoms with Crippen molar-refractivity contribution in [3.8, 4) is 0 Å². The number of fused-ring (bicyclic) bond motifs is 1. The lowest BCUT2D eigenvalue weighted by molar-refractivity contribution is -0.286. The molecule has 0 aromatic carbocycles. The van der Waals surface area contributed by atoms with Gasteiger partial charge in [0.05, 0.1) is 0 Å². The van der Waals surface area contributed by atoms with Crippen LogP contribution in [0.4, 0.5) is 0 Å². The van der Waals surface area contributed by atoms with Crippen molar-refractivity contribution in [1.29, 1.82) is 0 Å². The normalized spacial score (nSPS) is 34.6. The van der Waals surface area contributed by atoms with Crippen LogP contribution in [0.5, 0.6) is 0 Å². The summed E-state index contributed by atoms with van der Waals surface area (Å²) in [6, 6.07) is 0. The molecule has 1 fully saturated rings. The van der Waals surface area contributed by atoms with Crippen LogP contribution in [0, 0.1) is 0 Å². The lowest BCUT2D eigenvalue weighted by Crippen LogP contribution is -2.57. The molecule has 3 N–H and O–H groups in total. The molecule has 0 saturated carbocycles. The average Bonchev–Trinajstić information content (AvgIpc) is 2.84. The third-order valence-corrected chi connectivity index (χ3v) is 3.43. The second-order valence-electron chi connectivity index (χ2n) is 4.94. The smallest absolute Gasteiger partial charge is 0.187 e. The highest BCUT2D eigenvalue weighted by molar-refractivity contribution is 5.10. The standard InChI is InChI=1S/C12H19N3O6/c13-15-14-4-2-1-3-5-19-12-9(18)8(17)11-10(21-12)7(16)6-20-11/h6,8-12,16-18H,1-5H2. The minimum Gasteiger partial charge on any atom is -0.506 e. The number of unbranched alkanes of at least 4 members (excludes halogenated alkanes) is 2. The van der Waals surface area contributed by atoms with Crippen LogP contribution in [0.25, 0.3) is 10.4 Å². The largest absolute Gasteiger partial charge is 0.506 e. The van der Waals surface area contributed by atoms with Gasteiger partial charge in [-0.1, -0.05) is 11.5 Å². The van der Waals surface area contributed by atoms with Crippen molar-refractivity contribution in [2.75, 3.05) is 13.2 Å². The Bertz CT molecular complexity index is 425. The van der Waals surface area contributed by atoms with Gasteiger partial charge in [-0.2, -0.15) is 0 Å². The van der Waals surface area contributed by atoms with Gasteiger partial charge in [-0.25, -0.2) is 0 Å². The van der Waals surface area contributed by atoms with Gasteiger partial charge in [0, 0.05) is 18.1 Å². The predicted octanol–water partition coefficient (Wildman–Crippen LogP) is 0.728. The van der Waals surface area contributed by atoms with E-state index in [0.717, 1.165) is 19.1 Å². The van der Waals surface area contributed by atoms with Crippen molar-refractivity contribution >= 4 is 0 Å². The zero-order valence-electron chi connectivity index (χ0n) is 11.4. The Labute approximate surface area is 121 Å². The number of azide groups is 1. The van der Waals surface area contributed by atoms with E-state index in [0.29, 0.717) is 19.6 Å². The van der Waals surface area contributed by atoms with E-state index in [9.17, 15) is 15.3 Å². The van der Waals surface area contributed by atoms with Crippen molar-refractivity contribution < 1.29 is 29.5 Å². The fraction of sp³-hybridized carbons (Fsp3) is 0.833. The molecule has 0 amide bonds. The molecule has 5 unspecified atom stereocenters. The third-order valence-electron chi connectivity index (χ3n) is 3.43. The quantitative estimate of drug-likeness (QED) is 0.274. The Morgan fingerprint density at radius 2 is 2.10 bits per heavy atom. The zero-order valence-corrected chi connectivity index (χ0v) is 11.4. The summed E-state index contributed by atoms with van der Waals surface area (Å²) in [5.41, 5.74) is 8.12. The van der Waals surface area contributed by atoms with Crippen molar-refractivity contribution in [2.45, 2.75) is 50.0 Å². The molecule has 118 valence electrons. The first-order chi connectivity index (χ1) is 10.1. The SMILES string of the molecule is [N-]=[N+]=NCCCCCOC1OC2C(O)=COC2C(O)C1O. The summed E-state index contributed by atoms with van der Waals surface area (Å²) in [5, 5.41) is 32.8. The number of ether oxygens (including phenoxy) is 3. The Morgan fingerprint density at radius 1 is 1.29 bits per heavy atom. The number of hydrogen-bond acceptors (Lipinski definition) is 7. The van der Waals surface area contributed by atoms with Crippen molar-refractivity contribution in [3.05, 3.63) is 22.5 Å². The molecular formula is C12H19N3O6. The number of nitrogens with zero attached hydrogens (tertiary/aromatic N) is 3. The van der Waals surface area contributed by atoms with Gasteiger partial charge >= 0.3 is 0 Å². The third kappa shape index (κ3) is 3.78. The maximum absolute atomic E-state index is 9.91. The van der Waals surface area contributed by atoms with Crippen LogP contribution in [0.1, 0.15) is 19.3 Å². The van der Waals surface area contributed by atoms with Gasteiger partial charge in [0.25, 0.3) is 0 Å². The predicted molar refractivity (Wildman–Crippen MR) is 70.1 cm³/mol. The molecule has 5 atom stereocenters. The maximum atomic E-state index is 9.91. The van der Waals surface area contributed by atoms with E-state index >= 15 is 0 Å². The van der Waals surface area contributed by atoms with Crippen molar-refractivity contribution in [1.82, 2.24) is 0 Å². The Balaban J connectivity index is 1.72. The molecule has 9 nitrogen and oxygen atoms in total. The molecule has 2 rings (SSSR count). The second-order valence-corrected chi connectivity index (χ2v) is 4.94. The first-order valence-corrected chi connectivity index (χ1v) is 6.83. The molecule has 9 heteroatoms. The summed E-state index contributed by atoms with van der Waals surface area (Å²) < 4.78 is 15.8. The molecule has 2 aliphatic heterocycles. The van der Waals surface area contributed by atoms with E-state index in [4.69, 9.17) is 19.7 Å². The average molecular weight is 301 g/mol. The number of rotatable bonds is 7. The molecule has 0 radical (unpaired) electrons. The molecule has 1 saturated heterocycles. The van der Waals surface area contributed by atoms with Gasteiger partial charge in [-0.05, 0) is 18.4 Å². The highest BCUT2D eigenvalue weighted by Gasteiger charge is 2.50. The zero-order chi connectivity index (χ0) is 15.2. The fourth-order valence-corrected chi connectivity index (χ4v) is 2.29. The van der Waals surface area contributed by atoms with Crippen LogP contribution in [-0.2, 0) is 14.2 Å². The first kappa shape index (κ1) is 15.9. The number of hydrogen-bond donors (Lipinski definition) is 3. The Hall–Kier alpha value is -1.51. The molecule has 0 aliphatic carbocycles. The minimum absolute atomic E-state index is 0.131. The van der Waals surface area contributed by atoms with E-state index in [1.807, 2.05) is 0 Å². The lowest BCUT2D eigenvalue weighted by Gasteiger charge is -2.38. The minimum atomic E-state index is -1.24. The van der Waals surface area contributed by atoms with Gasteiger partial charge in [0.15, 0.2) is 24.3 Å². The van der Waals surface area contributed by atoms with Crippen molar-refractivity contribution in [2.24, 2.45) is 5.11 Å². The molecular weight excluding hydrogens is 282 g/mol. The molecule has 0 aromatic rings. The van der Waals surface area contributed by atoms with Gasteiger partial charge in [-0.15, -0.1) is 0 Å². The Morgan fingerprint density at radius 3 is 2.86 bits per heavy atom. The summed E-state index contributed by atoms with van der Waals surface area (Å²) in [7, 11) is 0. The van der Waals surface area contributed by atoms with Gasteiger partial charge in [0.1, 0.15) is 18.5 Å². The van der Waals surface area contributed by atoms with E-state index in [2.05, 4.69) is 10.0 Å². The van der Waals surface area contributed by atoms with E-state index in [1.54, 1.807) is 0 Å². The van der Waals surface area contributed by atoms with Crippen LogP contribution in [0.3, 0.4) is 0 Å². The molecule has 0 bridgehead atoms. The fourth-order valence-electron chi connectivity index (χ4n) is 2.29. The molecule has 21 heavy (non-hydrogen) atoms. The maximum Gasteiger partial charge on any atom is 0.187 e. The van der Waals surface area contributed by atoms with Crippen LogP contribution in [0.15, 0.2) is 17.1 Å². The van der Waals surface area contributed by atoms with Gasteiger partial charge in [0.2, 0.25) is 0 Å². The van der Waals surface area contributed by atoms with E-state index < -0.39 is 30.7 Å². The summed E-state index contributed by atoms with van der Waals surface area (Å²) in [5.74, 6) is -0.131. The van der Waals surface area contributed by atoms with Crippen LogP contribution >= 0.6 is 0 Å². The highest BCUT2D eigenvalue weighted by Crippen LogP contribution is 2.31. The van der Waals surface area contributed by atoms with E-state index in [-0.39, 0.29) is 5.76 Å². The van der Waals surface area contributed by atoms with Crippen molar-refractivity contribution in [3.63, 3.8) is 0 Å². The Kier molecular flexibility index (Phi) is 5.66. The van der Waals surface area contributed by atoms with Crippen LogP contribution < -0.4 is 0 Å². The highest BCUT2D eigenvalue weighted by atomic mass is 16.7. The van der Waals surface area contributed by atoms with Crippen LogP contribution in [0.2, 0.25) is 0 Å². The summed E-state index contributed by atoms with van der Waals surface area (Å²) in [6.45, 7) is 0.769. The second kappa shape index (κ2) is 7.48. The monoisotopic (exact) mass is 301 g/mol. The van der Waals surface area contributed by atoms with Gasteiger partial charge < -0.3 is 29.5 Å². The molecule has 0 aromatic heterocycles. The van der Waals surface area contributed by atoms with Crippen LogP contribution in [-0.4, -0.2) is 59.2 Å². The molecule has 2 heterocycles. The van der Waals surface area contributed by atoms with E-state index in [1.165, 1.54) is 0 Å². The van der Waals surface area contributed by atoms with Gasteiger partial charge in [-0.3, -0.25) is 0 Å². The summed E-state index contributed by atoms with van der Waals surface area (Å²) in [6.07, 6.45) is -1.72. The first-order valence-electron chi connectivity index (χ1n) is 6.83. The molecule has 0 spiro atoms. The lowest BCUT2D eigenvalue weighted by atomic mass is 9.99. The topological polar surface area (TPSA) is 137 Å². The number of aliphatic hydroxyl groups is 3. The summed E-state index contributed by atoms with van der Waals surface area (Å²) in [4.78, 5) is 2.66. The summed E-state index contributed by atoms with van der Waals surface area (Å²) >= 11 is 0. The molecule has 2 aliphatic rings.